The Kier molecular flexibility index (Phi) is 9.47. The highest BCUT2D eigenvalue weighted by atomic mass is 32.2. The van der Waals surface area contributed by atoms with Gasteiger partial charge < -0.3 is 14.2 Å². The molecule has 0 amide bonds. The van der Waals surface area contributed by atoms with E-state index in [-0.39, 0.29) is 11.5 Å². The molecule has 1 aromatic heterocycles. The smallest absolute Gasteiger partial charge is 0.264 e. The van der Waals surface area contributed by atoms with Crippen LogP contribution in [0.2, 0.25) is 0 Å². The first-order chi connectivity index (χ1) is 23.2. The number of hydrogen-bond acceptors (Lipinski definition) is 8. The molecule has 0 unspecified atom stereocenters. The van der Waals surface area contributed by atoms with Crippen molar-refractivity contribution in [1.82, 2.24) is 4.90 Å². The Bertz CT molecular complexity index is 1940. The van der Waals surface area contributed by atoms with Gasteiger partial charge in [0.1, 0.15) is 30.5 Å². The van der Waals surface area contributed by atoms with Gasteiger partial charge in [-0.15, -0.1) is 11.3 Å². The molecule has 4 aromatic carbocycles. The van der Waals surface area contributed by atoms with Crippen LogP contribution in [0.15, 0.2) is 97.1 Å². The Morgan fingerprint density at radius 1 is 0.833 bits per heavy atom. The molecule has 9 heteroatoms. The minimum atomic E-state index is -3.38. The van der Waals surface area contributed by atoms with Crippen molar-refractivity contribution >= 4 is 31.5 Å². The number of rotatable bonds is 12. The van der Waals surface area contributed by atoms with Gasteiger partial charge in [0.25, 0.3) is 10.1 Å². The van der Waals surface area contributed by atoms with Crippen LogP contribution in [0.25, 0.3) is 20.5 Å². The molecule has 0 atom stereocenters. The summed E-state index contributed by atoms with van der Waals surface area (Å²) >= 11 is 1.71. The molecule has 7 rings (SSSR count). The van der Waals surface area contributed by atoms with Gasteiger partial charge in [-0.1, -0.05) is 60.2 Å². The number of thiophene rings is 1. The zero-order valence-corrected chi connectivity index (χ0v) is 29.0. The lowest BCUT2D eigenvalue weighted by Crippen LogP contribution is -2.50. The van der Waals surface area contributed by atoms with Gasteiger partial charge in [-0.25, -0.2) is 0 Å². The number of ether oxygens (including phenoxy) is 3. The predicted molar refractivity (Wildman–Crippen MR) is 192 cm³/mol. The molecule has 7 nitrogen and oxygen atoms in total. The lowest BCUT2D eigenvalue weighted by Gasteiger charge is -2.51. The summed E-state index contributed by atoms with van der Waals surface area (Å²) in [5, 5.41) is 1.05. The van der Waals surface area contributed by atoms with E-state index in [1.54, 1.807) is 11.3 Å². The van der Waals surface area contributed by atoms with E-state index in [1.807, 2.05) is 48.5 Å². The first-order valence-electron chi connectivity index (χ1n) is 16.5. The molecule has 2 fully saturated rings. The predicted octanol–water partition coefficient (Wildman–Crippen LogP) is 8.85. The molecule has 250 valence electrons. The highest BCUT2D eigenvalue weighted by Gasteiger charge is 2.47. The number of aryl methyl sites for hydroxylation is 1. The van der Waals surface area contributed by atoms with Crippen LogP contribution in [0, 0.1) is 12.3 Å². The average Bonchev–Trinajstić information content (AvgIpc) is 3.42. The number of hydrogen-bond donors (Lipinski definition) is 0. The molecule has 2 heterocycles. The van der Waals surface area contributed by atoms with Gasteiger partial charge in [-0.05, 0) is 105 Å². The van der Waals surface area contributed by atoms with Crippen LogP contribution < -0.4 is 14.2 Å². The summed E-state index contributed by atoms with van der Waals surface area (Å²) in [6.07, 6.45) is 4.83. The van der Waals surface area contributed by atoms with Crippen molar-refractivity contribution in [2.45, 2.75) is 45.3 Å². The van der Waals surface area contributed by atoms with Crippen molar-refractivity contribution in [3.05, 3.63) is 108 Å². The Hall–Kier alpha value is -3.89. The molecular formula is C39H41NO6S2. The number of benzene rings is 4. The molecule has 48 heavy (non-hydrogen) atoms. The minimum Gasteiger partial charge on any atom is -0.492 e. The van der Waals surface area contributed by atoms with Crippen LogP contribution in [0.4, 0.5) is 0 Å². The molecule has 1 saturated heterocycles. The first-order valence-corrected chi connectivity index (χ1v) is 19.2. The first kappa shape index (κ1) is 32.6. The van der Waals surface area contributed by atoms with E-state index in [0.717, 1.165) is 101 Å². The Labute approximate surface area is 287 Å². The maximum absolute atomic E-state index is 11.4. The summed E-state index contributed by atoms with van der Waals surface area (Å²) in [5.74, 6) is 3.23. The third-order valence-electron chi connectivity index (χ3n) is 9.45. The summed E-state index contributed by atoms with van der Waals surface area (Å²) in [4.78, 5) is 3.51. The van der Waals surface area contributed by atoms with Crippen molar-refractivity contribution < 1.29 is 26.8 Å². The van der Waals surface area contributed by atoms with E-state index in [4.69, 9.17) is 18.4 Å². The lowest BCUT2D eigenvalue weighted by molar-refractivity contribution is -0.0532. The molecule has 5 aromatic rings. The quantitative estimate of drug-likeness (QED) is 0.122. The van der Waals surface area contributed by atoms with E-state index in [9.17, 15) is 8.42 Å². The summed E-state index contributed by atoms with van der Waals surface area (Å²) in [5.41, 5.74) is 3.71. The fraction of sp³-hybridized carbons (Fsp3) is 0.333. The zero-order valence-electron chi connectivity index (χ0n) is 27.4. The maximum Gasteiger partial charge on any atom is 0.264 e. The van der Waals surface area contributed by atoms with Crippen LogP contribution >= 0.6 is 11.3 Å². The van der Waals surface area contributed by atoms with Gasteiger partial charge in [-0.3, -0.25) is 9.08 Å². The van der Waals surface area contributed by atoms with Crippen LogP contribution in [0.3, 0.4) is 0 Å². The normalized spacial score (nSPS) is 16.5. The third kappa shape index (κ3) is 7.87. The number of likely N-dealkylation sites (tertiary alicyclic amines) is 1. The van der Waals surface area contributed by atoms with E-state index in [1.165, 1.54) is 5.56 Å². The van der Waals surface area contributed by atoms with Crippen molar-refractivity contribution in [3.8, 4) is 33.4 Å². The van der Waals surface area contributed by atoms with E-state index in [2.05, 4.69) is 60.4 Å². The fourth-order valence-corrected chi connectivity index (χ4v) is 8.57. The summed E-state index contributed by atoms with van der Waals surface area (Å²) < 4.78 is 48.0. The largest absolute Gasteiger partial charge is 0.492 e. The molecular weight excluding hydrogens is 643 g/mol. The Morgan fingerprint density at radius 3 is 2.23 bits per heavy atom. The SMILES string of the molecule is Cc1ccc(-c2sc3cc(OCc4ccccc4)ccc3c2Oc2ccc(OCCN3CCC4(CC3)CC(OS(C)(=O)=O)C4)cc2)cc1. The fourth-order valence-electron chi connectivity index (χ4n) is 6.78. The van der Waals surface area contributed by atoms with Crippen LogP contribution in [-0.2, 0) is 20.9 Å². The molecule has 2 aliphatic rings. The molecule has 0 radical (unpaired) electrons. The van der Waals surface area contributed by atoms with Gasteiger partial charge in [0, 0.05) is 16.6 Å². The third-order valence-corrected chi connectivity index (χ3v) is 11.3. The van der Waals surface area contributed by atoms with Crippen molar-refractivity contribution in [3.63, 3.8) is 0 Å². The molecule has 1 aliphatic carbocycles. The maximum atomic E-state index is 11.4. The topological polar surface area (TPSA) is 74.3 Å². The van der Waals surface area contributed by atoms with Gasteiger partial charge in [0.2, 0.25) is 0 Å². The van der Waals surface area contributed by atoms with Crippen LogP contribution in [0.5, 0.6) is 23.0 Å². The van der Waals surface area contributed by atoms with Gasteiger partial charge in [0.05, 0.1) is 17.2 Å². The zero-order chi connectivity index (χ0) is 33.1. The van der Waals surface area contributed by atoms with E-state index in [0.29, 0.717) is 13.2 Å². The van der Waals surface area contributed by atoms with Crippen molar-refractivity contribution in [2.75, 3.05) is 32.5 Å². The summed E-state index contributed by atoms with van der Waals surface area (Å²) in [6.45, 7) is 6.08. The lowest BCUT2D eigenvalue weighted by atomic mass is 9.61. The van der Waals surface area contributed by atoms with E-state index < -0.39 is 10.1 Å². The standard InChI is InChI=1S/C39H41NO6S2/c1-28-8-10-30(11-9-28)38-37(35-17-16-33(24-36(35)47-38)44-27-29-6-4-3-5-7-29)45-32-14-12-31(13-15-32)43-23-22-40-20-18-39(19-21-40)25-34(26-39)46-48(2,41)42/h3-17,24,34H,18-23,25-27H2,1-2H3. The summed E-state index contributed by atoms with van der Waals surface area (Å²) in [6, 6.07) is 32.8. The van der Waals surface area contributed by atoms with Gasteiger partial charge in [-0.2, -0.15) is 8.42 Å². The highest BCUT2D eigenvalue weighted by Crippen LogP contribution is 2.51. The number of piperidine rings is 1. The van der Waals surface area contributed by atoms with E-state index >= 15 is 0 Å². The average molecular weight is 684 g/mol. The Balaban J connectivity index is 0.969. The molecule has 1 saturated carbocycles. The minimum absolute atomic E-state index is 0.146. The molecule has 1 aliphatic heterocycles. The number of fused-ring (bicyclic) bond motifs is 1. The van der Waals surface area contributed by atoms with Crippen LogP contribution in [0.1, 0.15) is 36.8 Å². The summed E-state index contributed by atoms with van der Waals surface area (Å²) in [7, 11) is -3.38. The monoisotopic (exact) mass is 683 g/mol. The van der Waals surface area contributed by atoms with Gasteiger partial charge >= 0.3 is 0 Å². The second kappa shape index (κ2) is 13.9. The molecule has 1 spiro atoms. The molecule has 0 bridgehead atoms. The van der Waals surface area contributed by atoms with Crippen molar-refractivity contribution in [1.29, 1.82) is 0 Å². The van der Waals surface area contributed by atoms with Crippen molar-refractivity contribution in [2.24, 2.45) is 5.41 Å². The molecule has 0 N–H and O–H groups in total. The van der Waals surface area contributed by atoms with Crippen LogP contribution in [-0.4, -0.2) is 51.9 Å². The van der Waals surface area contributed by atoms with Gasteiger partial charge in [0.15, 0.2) is 5.75 Å². The number of nitrogens with zero attached hydrogens (tertiary/aromatic N) is 1. The second-order valence-electron chi connectivity index (χ2n) is 13.2. The Morgan fingerprint density at radius 2 is 1.52 bits per heavy atom. The highest BCUT2D eigenvalue weighted by molar-refractivity contribution is 7.86. The second-order valence-corrected chi connectivity index (χ2v) is 15.8.